The van der Waals surface area contributed by atoms with E-state index in [1.807, 2.05) is 45.0 Å². The molecule has 1 aromatic rings. The van der Waals surface area contributed by atoms with Gasteiger partial charge in [0.25, 0.3) is 5.91 Å². The minimum absolute atomic E-state index is 0.00502. The second kappa shape index (κ2) is 9.03. The number of benzene rings is 1. The maximum atomic E-state index is 12.6. The van der Waals surface area contributed by atoms with Crippen molar-refractivity contribution in [1.82, 2.24) is 10.6 Å². The molecule has 6 heteroatoms. The van der Waals surface area contributed by atoms with E-state index in [2.05, 4.69) is 10.6 Å². The van der Waals surface area contributed by atoms with Crippen LogP contribution in [-0.2, 0) is 9.59 Å². The van der Waals surface area contributed by atoms with E-state index in [4.69, 9.17) is 10.5 Å². The Labute approximate surface area is 155 Å². The van der Waals surface area contributed by atoms with Gasteiger partial charge < -0.3 is 21.1 Å². The Balaban J connectivity index is 1.88. The average Bonchev–Trinajstić information content (AvgIpc) is 3.46. The zero-order valence-corrected chi connectivity index (χ0v) is 16.0. The normalized spacial score (nSPS) is 15.2. The van der Waals surface area contributed by atoms with Crippen molar-refractivity contribution in [2.45, 2.75) is 58.5 Å². The Bertz CT molecular complexity index is 599. The largest absolute Gasteiger partial charge is 0.484 e. The first kappa shape index (κ1) is 20.2. The number of hydrogen-bond donors (Lipinski definition) is 3. The summed E-state index contributed by atoms with van der Waals surface area (Å²) in [6.07, 6.45) is 3.56. The van der Waals surface area contributed by atoms with E-state index in [9.17, 15) is 9.59 Å². The molecule has 4 N–H and O–H groups in total. The summed E-state index contributed by atoms with van der Waals surface area (Å²) >= 11 is 0. The molecule has 1 aromatic carbocycles. The quantitative estimate of drug-likeness (QED) is 0.596. The zero-order chi connectivity index (χ0) is 19.2. The summed E-state index contributed by atoms with van der Waals surface area (Å²) in [5.41, 5.74) is 6.32. The molecule has 1 saturated carbocycles. The first-order valence-corrected chi connectivity index (χ1v) is 9.47. The fourth-order valence-corrected chi connectivity index (χ4v) is 2.88. The van der Waals surface area contributed by atoms with Crippen LogP contribution in [0.3, 0.4) is 0 Å². The summed E-state index contributed by atoms with van der Waals surface area (Å²) in [7, 11) is 0. The molecule has 1 fully saturated rings. The zero-order valence-electron chi connectivity index (χ0n) is 16.0. The van der Waals surface area contributed by atoms with E-state index in [1.165, 1.54) is 0 Å². The molecule has 0 aliphatic heterocycles. The second-order valence-electron chi connectivity index (χ2n) is 7.09. The topological polar surface area (TPSA) is 93.5 Å². The third-order valence-corrected chi connectivity index (χ3v) is 5.27. The molecule has 1 aliphatic rings. The van der Waals surface area contributed by atoms with Gasteiger partial charge in [-0.2, -0.15) is 0 Å². The van der Waals surface area contributed by atoms with Crippen LogP contribution in [0.4, 0.5) is 0 Å². The first-order chi connectivity index (χ1) is 12.4. The molecular formula is C20H31N3O3. The van der Waals surface area contributed by atoms with Gasteiger partial charge in [0.2, 0.25) is 5.91 Å². The van der Waals surface area contributed by atoms with Crippen molar-refractivity contribution in [3.63, 3.8) is 0 Å². The average molecular weight is 361 g/mol. The van der Waals surface area contributed by atoms with Gasteiger partial charge in [-0.15, -0.1) is 0 Å². The fraction of sp³-hybridized carbons (Fsp3) is 0.600. The van der Waals surface area contributed by atoms with E-state index in [0.29, 0.717) is 31.2 Å². The minimum atomic E-state index is -0.508. The standard InChI is InChI=1S/C20H31N3O3/c1-4-20(5-2,13-21)19(25)22-14(3)15-6-10-17(11-7-15)26-12-18(24)23-16-8-9-16/h6-7,10-11,14,16H,4-5,8-9,12-13,21H2,1-3H3,(H,22,25)(H,23,24). The van der Waals surface area contributed by atoms with Crippen molar-refractivity contribution in [2.24, 2.45) is 11.1 Å². The molecule has 2 amide bonds. The Kier molecular flexibility index (Phi) is 7.03. The smallest absolute Gasteiger partial charge is 0.258 e. The predicted octanol–water partition coefficient (Wildman–Crippen LogP) is 2.29. The van der Waals surface area contributed by atoms with E-state index < -0.39 is 5.41 Å². The molecule has 2 rings (SSSR count). The lowest BCUT2D eigenvalue weighted by atomic mass is 9.81. The van der Waals surface area contributed by atoms with Crippen molar-refractivity contribution in [1.29, 1.82) is 0 Å². The fourth-order valence-electron chi connectivity index (χ4n) is 2.88. The highest BCUT2D eigenvalue weighted by Gasteiger charge is 2.34. The molecule has 26 heavy (non-hydrogen) atoms. The van der Waals surface area contributed by atoms with Gasteiger partial charge in [0.15, 0.2) is 6.61 Å². The summed E-state index contributed by atoms with van der Waals surface area (Å²) in [5, 5.41) is 5.95. The van der Waals surface area contributed by atoms with Crippen LogP contribution in [0.25, 0.3) is 0 Å². The molecule has 144 valence electrons. The molecule has 0 bridgehead atoms. The van der Waals surface area contributed by atoms with E-state index in [0.717, 1.165) is 18.4 Å². The molecular weight excluding hydrogens is 330 g/mol. The lowest BCUT2D eigenvalue weighted by Gasteiger charge is -2.30. The van der Waals surface area contributed by atoms with Gasteiger partial charge in [0, 0.05) is 12.6 Å². The highest BCUT2D eigenvalue weighted by atomic mass is 16.5. The van der Waals surface area contributed by atoms with Crippen LogP contribution in [0, 0.1) is 5.41 Å². The number of carbonyl (C=O) groups excluding carboxylic acids is 2. The molecule has 1 unspecified atom stereocenters. The monoisotopic (exact) mass is 361 g/mol. The van der Waals surface area contributed by atoms with Crippen LogP contribution in [0.5, 0.6) is 5.75 Å². The number of rotatable bonds is 10. The SMILES string of the molecule is CCC(CC)(CN)C(=O)NC(C)c1ccc(OCC(=O)NC2CC2)cc1. The Morgan fingerprint density at radius 1 is 1.23 bits per heavy atom. The number of carbonyl (C=O) groups is 2. The van der Waals surface area contributed by atoms with Gasteiger partial charge in [-0.3, -0.25) is 9.59 Å². The molecule has 0 radical (unpaired) electrons. The van der Waals surface area contributed by atoms with Crippen molar-refractivity contribution in [3.8, 4) is 5.75 Å². The number of nitrogens with one attached hydrogen (secondary N) is 2. The number of amides is 2. The summed E-state index contributed by atoms with van der Waals surface area (Å²) in [6.45, 7) is 6.30. The molecule has 0 aromatic heterocycles. The number of ether oxygens (including phenoxy) is 1. The predicted molar refractivity (Wildman–Crippen MR) is 102 cm³/mol. The van der Waals surface area contributed by atoms with Crippen LogP contribution in [0.1, 0.15) is 58.1 Å². The number of nitrogens with two attached hydrogens (primary N) is 1. The highest BCUT2D eigenvalue weighted by Crippen LogP contribution is 2.27. The second-order valence-corrected chi connectivity index (χ2v) is 7.09. The molecule has 0 saturated heterocycles. The van der Waals surface area contributed by atoms with Crippen LogP contribution >= 0.6 is 0 Å². The van der Waals surface area contributed by atoms with E-state index >= 15 is 0 Å². The number of hydrogen-bond acceptors (Lipinski definition) is 4. The van der Waals surface area contributed by atoms with E-state index in [1.54, 1.807) is 0 Å². The molecule has 1 atom stereocenters. The lowest BCUT2D eigenvalue weighted by molar-refractivity contribution is -0.131. The maximum Gasteiger partial charge on any atom is 0.258 e. The van der Waals surface area contributed by atoms with Crippen molar-refractivity contribution >= 4 is 11.8 Å². The van der Waals surface area contributed by atoms with E-state index in [-0.39, 0.29) is 24.5 Å². The molecule has 0 heterocycles. The minimum Gasteiger partial charge on any atom is -0.484 e. The molecule has 0 spiro atoms. The van der Waals surface area contributed by atoms with Gasteiger partial charge in [0.05, 0.1) is 11.5 Å². The Morgan fingerprint density at radius 3 is 2.35 bits per heavy atom. The summed E-state index contributed by atoms with van der Waals surface area (Å²) in [6, 6.07) is 7.65. The van der Waals surface area contributed by atoms with Gasteiger partial charge in [0.1, 0.15) is 5.75 Å². The van der Waals surface area contributed by atoms with Gasteiger partial charge in [-0.1, -0.05) is 26.0 Å². The van der Waals surface area contributed by atoms with Gasteiger partial charge in [-0.05, 0) is 50.3 Å². The third kappa shape index (κ3) is 5.21. The van der Waals surface area contributed by atoms with Crippen LogP contribution in [0.15, 0.2) is 24.3 Å². The summed E-state index contributed by atoms with van der Waals surface area (Å²) in [5.74, 6) is 0.542. The van der Waals surface area contributed by atoms with Crippen molar-refractivity contribution in [3.05, 3.63) is 29.8 Å². The maximum absolute atomic E-state index is 12.6. The van der Waals surface area contributed by atoms with Crippen molar-refractivity contribution in [2.75, 3.05) is 13.2 Å². The highest BCUT2D eigenvalue weighted by molar-refractivity contribution is 5.83. The van der Waals surface area contributed by atoms with Gasteiger partial charge in [-0.25, -0.2) is 0 Å². The summed E-state index contributed by atoms with van der Waals surface area (Å²) < 4.78 is 5.50. The van der Waals surface area contributed by atoms with Crippen LogP contribution in [-0.4, -0.2) is 31.0 Å². The third-order valence-electron chi connectivity index (χ3n) is 5.27. The van der Waals surface area contributed by atoms with Crippen LogP contribution in [0.2, 0.25) is 0 Å². The molecule has 1 aliphatic carbocycles. The van der Waals surface area contributed by atoms with Gasteiger partial charge >= 0.3 is 0 Å². The lowest BCUT2D eigenvalue weighted by Crippen LogP contribution is -2.46. The first-order valence-electron chi connectivity index (χ1n) is 9.47. The van der Waals surface area contributed by atoms with Crippen LogP contribution < -0.4 is 21.1 Å². The Hall–Kier alpha value is -2.08. The Morgan fingerprint density at radius 2 is 1.85 bits per heavy atom. The molecule has 6 nitrogen and oxygen atoms in total. The van der Waals surface area contributed by atoms with Crippen molar-refractivity contribution < 1.29 is 14.3 Å². The summed E-state index contributed by atoms with van der Waals surface area (Å²) in [4.78, 5) is 24.3.